The fourth-order valence-electron chi connectivity index (χ4n) is 4.22. The molecule has 126 valence electrons. The maximum absolute atomic E-state index is 12.5. The first kappa shape index (κ1) is 16.2. The van der Waals surface area contributed by atoms with Gasteiger partial charge in [0.25, 0.3) is 0 Å². The molecule has 0 spiro atoms. The second kappa shape index (κ2) is 6.07. The van der Waals surface area contributed by atoms with Crippen molar-refractivity contribution < 1.29 is 14.4 Å². The Morgan fingerprint density at radius 3 is 2.35 bits per heavy atom. The summed E-state index contributed by atoms with van der Waals surface area (Å²) in [6, 6.07) is -0.542. The summed E-state index contributed by atoms with van der Waals surface area (Å²) in [6.07, 6.45) is 5.70. The van der Waals surface area contributed by atoms with Gasteiger partial charge in [0.1, 0.15) is 0 Å². The lowest BCUT2D eigenvalue weighted by Crippen LogP contribution is -2.45. The number of hydrogen-bond donors (Lipinski definition) is 2. The zero-order chi connectivity index (χ0) is 16.7. The second-order valence-electron chi connectivity index (χ2n) is 7.36. The van der Waals surface area contributed by atoms with E-state index < -0.39 is 6.04 Å². The van der Waals surface area contributed by atoms with Crippen LogP contribution >= 0.6 is 0 Å². The molecule has 3 aliphatic rings. The molecule has 2 fully saturated rings. The van der Waals surface area contributed by atoms with Crippen molar-refractivity contribution in [2.24, 2.45) is 35.3 Å². The van der Waals surface area contributed by atoms with Crippen LogP contribution in [0.15, 0.2) is 12.2 Å². The highest BCUT2D eigenvalue weighted by Gasteiger charge is 2.58. The molecule has 2 bridgehead atoms. The quantitative estimate of drug-likeness (QED) is 0.543. The third kappa shape index (κ3) is 2.80. The van der Waals surface area contributed by atoms with E-state index in [-0.39, 0.29) is 54.5 Å². The van der Waals surface area contributed by atoms with E-state index in [1.807, 2.05) is 13.8 Å². The normalized spacial score (nSPS) is 32.8. The average molecular weight is 319 g/mol. The van der Waals surface area contributed by atoms with Crippen LogP contribution < -0.4 is 11.1 Å². The fraction of sp³-hybridized carbons (Fsp3) is 0.706. The van der Waals surface area contributed by atoms with E-state index in [0.29, 0.717) is 12.3 Å². The van der Waals surface area contributed by atoms with Gasteiger partial charge in [-0.3, -0.25) is 19.3 Å². The monoisotopic (exact) mass is 319 g/mol. The summed E-state index contributed by atoms with van der Waals surface area (Å²) in [7, 11) is 0. The number of rotatable bonds is 6. The molecule has 0 aromatic rings. The fourth-order valence-corrected chi connectivity index (χ4v) is 4.22. The molecule has 0 radical (unpaired) electrons. The molecule has 1 aliphatic heterocycles. The maximum Gasteiger partial charge on any atom is 0.236 e. The molecule has 6 nitrogen and oxygen atoms in total. The van der Waals surface area contributed by atoms with Crippen LogP contribution in [0.3, 0.4) is 0 Å². The van der Waals surface area contributed by atoms with Crippen molar-refractivity contribution in [2.45, 2.75) is 32.7 Å². The first-order valence-electron chi connectivity index (χ1n) is 8.47. The van der Waals surface area contributed by atoms with Crippen molar-refractivity contribution in [3.05, 3.63) is 12.2 Å². The first-order chi connectivity index (χ1) is 10.9. The Hall–Kier alpha value is -1.69. The summed E-state index contributed by atoms with van der Waals surface area (Å²) in [4.78, 5) is 38.2. The smallest absolute Gasteiger partial charge is 0.236 e. The lowest BCUT2D eigenvalue weighted by atomic mass is 9.85. The summed E-state index contributed by atoms with van der Waals surface area (Å²) in [5.41, 5.74) is 5.82. The summed E-state index contributed by atoms with van der Waals surface area (Å²) < 4.78 is 0. The van der Waals surface area contributed by atoms with Crippen LogP contribution in [0, 0.1) is 29.6 Å². The van der Waals surface area contributed by atoms with Gasteiger partial charge in [0.05, 0.1) is 17.9 Å². The third-order valence-electron chi connectivity index (χ3n) is 5.26. The number of nitrogens with zero attached hydrogens (tertiary/aromatic N) is 1. The van der Waals surface area contributed by atoms with Gasteiger partial charge in [0.2, 0.25) is 17.7 Å². The van der Waals surface area contributed by atoms with Crippen LogP contribution in [0.2, 0.25) is 0 Å². The number of carbonyl (C=O) groups is 3. The number of nitrogens with one attached hydrogen (secondary N) is 1. The SMILES string of the molecule is CC(C)C[C@H](N)C(=O)NCCN1C(=O)C2C3C=CC(C3)C2C1=O. The Morgan fingerprint density at radius 2 is 1.83 bits per heavy atom. The van der Waals surface area contributed by atoms with Gasteiger partial charge >= 0.3 is 0 Å². The zero-order valence-electron chi connectivity index (χ0n) is 13.7. The van der Waals surface area contributed by atoms with Gasteiger partial charge in [0, 0.05) is 13.1 Å². The number of fused-ring (bicyclic) bond motifs is 5. The van der Waals surface area contributed by atoms with Crippen LogP contribution in [-0.2, 0) is 14.4 Å². The number of likely N-dealkylation sites (tertiary alicyclic amines) is 1. The van der Waals surface area contributed by atoms with Crippen LogP contribution in [0.1, 0.15) is 26.7 Å². The molecular weight excluding hydrogens is 294 g/mol. The number of allylic oxidation sites excluding steroid dienone is 2. The lowest BCUT2D eigenvalue weighted by Gasteiger charge is -2.19. The molecule has 1 heterocycles. The van der Waals surface area contributed by atoms with E-state index >= 15 is 0 Å². The third-order valence-corrected chi connectivity index (χ3v) is 5.26. The van der Waals surface area contributed by atoms with Gasteiger partial charge in [-0.1, -0.05) is 26.0 Å². The molecule has 23 heavy (non-hydrogen) atoms. The average Bonchev–Trinajstić information content (AvgIpc) is 3.15. The van der Waals surface area contributed by atoms with Crippen LogP contribution in [0.4, 0.5) is 0 Å². The molecule has 6 heteroatoms. The number of carbonyl (C=O) groups excluding carboxylic acids is 3. The largest absolute Gasteiger partial charge is 0.353 e. The van der Waals surface area contributed by atoms with Gasteiger partial charge in [-0.25, -0.2) is 0 Å². The minimum Gasteiger partial charge on any atom is -0.353 e. The molecule has 0 aromatic heterocycles. The summed E-state index contributed by atoms with van der Waals surface area (Å²) in [5, 5.41) is 2.73. The van der Waals surface area contributed by atoms with Gasteiger partial charge in [-0.15, -0.1) is 0 Å². The van der Waals surface area contributed by atoms with Crippen molar-refractivity contribution in [1.82, 2.24) is 10.2 Å². The van der Waals surface area contributed by atoms with E-state index in [0.717, 1.165) is 6.42 Å². The van der Waals surface area contributed by atoms with Crippen LogP contribution in [-0.4, -0.2) is 41.8 Å². The summed E-state index contributed by atoms with van der Waals surface area (Å²) in [6.45, 7) is 4.53. The Labute approximate surface area is 136 Å². The molecule has 1 saturated carbocycles. The first-order valence-corrected chi connectivity index (χ1v) is 8.47. The van der Waals surface area contributed by atoms with E-state index in [2.05, 4.69) is 17.5 Å². The van der Waals surface area contributed by atoms with Gasteiger partial charge in [0.15, 0.2) is 0 Å². The standard InChI is InChI=1S/C17H25N3O3/c1-9(2)7-12(18)15(21)19-5-6-20-16(22)13-10-3-4-11(8-10)14(13)17(20)23/h3-4,9-14H,5-8,18H2,1-2H3,(H,19,21)/t10?,11?,12-,13?,14?/m0/s1. The molecule has 4 unspecified atom stereocenters. The maximum atomic E-state index is 12.5. The summed E-state index contributed by atoms with van der Waals surface area (Å²) >= 11 is 0. The van der Waals surface area contributed by atoms with Crippen molar-refractivity contribution in [3.8, 4) is 0 Å². The van der Waals surface area contributed by atoms with Gasteiger partial charge in [-0.2, -0.15) is 0 Å². The van der Waals surface area contributed by atoms with Crippen molar-refractivity contribution in [1.29, 1.82) is 0 Å². The minimum atomic E-state index is -0.542. The van der Waals surface area contributed by atoms with Crippen molar-refractivity contribution >= 4 is 17.7 Å². The molecule has 2 aliphatic carbocycles. The van der Waals surface area contributed by atoms with E-state index in [9.17, 15) is 14.4 Å². The predicted octanol–water partition coefficient (Wildman–Crippen LogP) is 0.283. The van der Waals surface area contributed by atoms with E-state index in [1.165, 1.54) is 4.90 Å². The van der Waals surface area contributed by atoms with Crippen LogP contribution in [0.5, 0.6) is 0 Å². The number of imide groups is 1. The highest BCUT2D eigenvalue weighted by Crippen LogP contribution is 2.52. The molecular formula is C17H25N3O3. The predicted molar refractivity (Wildman–Crippen MR) is 84.9 cm³/mol. The van der Waals surface area contributed by atoms with Crippen molar-refractivity contribution in [2.75, 3.05) is 13.1 Å². The second-order valence-corrected chi connectivity index (χ2v) is 7.36. The Balaban J connectivity index is 1.51. The number of hydrogen-bond acceptors (Lipinski definition) is 4. The van der Waals surface area contributed by atoms with E-state index in [4.69, 9.17) is 5.73 Å². The molecule has 3 rings (SSSR count). The summed E-state index contributed by atoms with van der Waals surface area (Å²) in [5.74, 6) is 0.0866. The molecule has 1 saturated heterocycles. The molecule has 3 amide bonds. The topological polar surface area (TPSA) is 92.5 Å². The minimum absolute atomic E-state index is 0.0717. The highest BCUT2D eigenvalue weighted by atomic mass is 16.2. The van der Waals surface area contributed by atoms with E-state index in [1.54, 1.807) is 0 Å². The molecule has 0 aromatic carbocycles. The van der Waals surface area contributed by atoms with Gasteiger partial charge < -0.3 is 11.1 Å². The zero-order valence-corrected chi connectivity index (χ0v) is 13.7. The Morgan fingerprint density at radius 1 is 1.26 bits per heavy atom. The van der Waals surface area contributed by atoms with Crippen molar-refractivity contribution in [3.63, 3.8) is 0 Å². The number of amides is 3. The number of nitrogens with two attached hydrogens (primary N) is 1. The lowest BCUT2D eigenvalue weighted by molar-refractivity contribution is -0.141. The molecule has 3 N–H and O–H groups in total. The van der Waals surface area contributed by atoms with Crippen LogP contribution in [0.25, 0.3) is 0 Å². The highest BCUT2D eigenvalue weighted by molar-refractivity contribution is 6.06. The Kier molecular flexibility index (Phi) is 4.27. The molecule has 5 atom stereocenters. The Bertz CT molecular complexity index is 527. The van der Waals surface area contributed by atoms with Gasteiger partial charge in [-0.05, 0) is 30.6 Å².